The van der Waals surface area contributed by atoms with Crippen molar-refractivity contribution in [1.82, 2.24) is 0 Å². The van der Waals surface area contributed by atoms with Crippen LogP contribution in [0.5, 0.6) is 0 Å². The van der Waals surface area contributed by atoms with Crippen molar-refractivity contribution in [2.24, 2.45) is 0 Å². The van der Waals surface area contributed by atoms with E-state index in [4.69, 9.17) is 5.26 Å². The van der Waals surface area contributed by atoms with Crippen LogP contribution in [-0.4, -0.2) is 8.42 Å². The van der Waals surface area contributed by atoms with Gasteiger partial charge in [0.05, 0.1) is 16.2 Å². The maximum atomic E-state index is 14.2. The molecule has 3 rings (SSSR count). The van der Waals surface area contributed by atoms with Crippen LogP contribution >= 0.6 is 0 Å². The van der Waals surface area contributed by atoms with Gasteiger partial charge in [-0.25, -0.2) is 21.6 Å². The Morgan fingerprint density at radius 2 is 1.56 bits per heavy atom. The van der Waals surface area contributed by atoms with Gasteiger partial charge < -0.3 is 0 Å². The van der Waals surface area contributed by atoms with Gasteiger partial charge in [0, 0.05) is 17.2 Å². The van der Waals surface area contributed by atoms with Crippen LogP contribution in [0.2, 0.25) is 0 Å². The fourth-order valence-corrected chi connectivity index (χ4v) is 3.99. The van der Waals surface area contributed by atoms with E-state index < -0.39 is 38.6 Å². The van der Waals surface area contributed by atoms with E-state index in [-0.39, 0.29) is 16.0 Å². The summed E-state index contributed by atoms with van der Waals surface area (Å²) in [6.45, 7) is 0. The Morgan fingerprint density at radius 1 is 0.852 bits per heavy atom. The molecule has 0 saturated carbocycles. The van der Waals surface area contributed by atoms with E-state index in [0.29, 0.717) is 11.6 Å². The molecule has 0 aromatic heterocycles. The Labute approximate surface area is 154 Å². The zero-order valence-corrected chi connectivity index (χ0v) is 14.6. The standard InChI is InChI=1S/C20H12F3NO2S/c21-18-7-6-16(8-14(18)11-24)27(25,26)12-15-9-17(20(23)10-19(15)22)13-4-2-1-3-5-13/h1-10H,12H2. The third-order valence-corrected chi connectivity index (χ3v) is 5.65. The molecule has 0 radical (unpaired) electrons. The van der Waals surface area contributed by atoms with Crippen molar-refractivity contribution < 1.29 is 21.6 Å². The molecule has 7 heteroatoms. The second kappa shape index (κ2) is 7.25. The summed E-state index contributed by atoms with van der Waals surface area (Å²) >= 11 is 0. The highest BCUT2D eigenvalue weighted by molar-refractivity contribution is 7.90. The lowest BCUT2D eigenvalue weighted by Crippen LogP contribution is -2.08. The maximum Gasteiger partial charge on any atom is 0.182 e. The first-order valence-electron chi connectivity index (χ1n) is 7.77. The SMILES string of the molecule is N#Cc1cc(S(=O)(=O)Cc2cc(-c3ccccc3)c(F)cc2F)ccc1F. The van der Waals surface area contributed by atoms with Gasteiger partial charge in [-0.3, -0.25) is 0 Å². The lowest BCUT2D eigenvalue weighted by molar-refractivity contribution is 0.570. The smallest absolute Gasteiger partial charge is 0.182 e. The van der Waals surface area contributed by atoms with Gasteiger partial charge in [-0.2, -0.15) is 5.26 Å². The van der Waals surface area contributed by atoms with Crippen LogP contribution in [0.25, 0.3) is 11.1 Å². The summed E-state index contributed by atoms with van der Waals surface area (Å²) in [6.07, 6.45) is 0. The van der Waals surface area contributed by atoms with Crippen molar-refractivity contribution >= 4 is 9.84 Å². The third-order valence-electron chi connectivity index (χ3n) is 3.98. The van der Waals surface area contributed by atoms with E-state index in [0.717, 1.165) is 24.3 Å². The third kappa shape index (κ3) is 3.86. The minimum absolute atomic E-state index is 0.0685. The number of benzene rings is 3. The summed E-state index contributed by atoms with van der Waals surface area (Å²) in [5, 5.41) is 8.85. The largest absolute Gasteiger partial charge is 0.223 e. The van der Waals surface area contributed by atoms with Gasteiger partial charge in [-0.15, -0.1) is 0 Å². The second-order valence-electron chi connectivity index (χ2n) is 5.80. The first kappa shape index (κ1) is 18.7. The van der Waals surface area contributed by atoms with Crippen molar-refractivity contribution in [3.8, 4) is 17.2 Å². The summed E-state index contributed by atoms with van der Waals surface area (Å²) in [6, 6.07) is 14.4. The Balaban J connectivity index is 2.04. The zero-order chi connectivity index (χ0) is 19.6. The molecular formula is C20H12F3NO2S. The Morgan fingerprint density at radius 3 is 2.22 bits per heavy atom. The monoisotopic (exact) mass is 387 g/mol. The summed E-state index contributed by atoms with van der Waals surface area (Å²) < 4.78 is 66.9. The van der Waals surface area contributed by atoms with Gasteiger partial charge in [0.2, 0.25) is 0 Å². The zero-order valence-electron chi connectivity index (χ0n) is 13.8. The number of rotatable bonds is 4. The molecule has 3 aromatic rings. The number of sulfone groups is 1. The minimum Gasteiger partial charge on any atom is -0.223 e. The first-order chi connectivity index (χ1) is 12.8. The van der Waals surface area contributed by atoms with E-state index in [9.17, 15) is 21.6 Å². The van der Waals surface area contributed by atoms with Crippen LogP contribution in [0.1, 0.15) is 11.1 Å². The highest BCUT2D eigenvalue weighted by Crippen LogP contribution is 2.28. The predicted molar refractivity (Wildman–Crippen MR) is 93.8 cm³/mol. The number of hydrogen-bond donors (Lipinski definition) is 0. The van der Waals surface area contributed by atoms with Gasteiger partial charge in [-0.1, -0.05) is 30.3 Å². The molecule has 136 valence electrons. The molecule has 0 unspecified atom stereocenters. The van der Waals surface area contributed by atoms with E-state index >= 15 is 0 Å². The molecule has 0 bridgehead atoms. The molecule has 3 nitrogen and oxygen atoms in total. The fraction of sp³-hybridized carbons (Fsp3) is 0.0500. The molecule has 0 fully saturated rings. The van der Waals surface area contributed by atoms with Crippen molar-refractivity contribution in [3.63, 3.8) is 0 Å². The highest BCUT2D eigenvalue weighted by Gasteiger charge is 2.21. The Hall–Kier alpha value is -3.11. The van der Waals surface area contributed by atoms with E-state index in [1.165, 1.54) is 0 Å². The number of hydrogen-bond acceptors (Lipinski definition) is 3. The van der Waals surface area contributed by atoms with Crippen LogP contribution in [0, 0.1) is 28.8 Å². The van der Waals surface area contributed by atoms with E-state index in [2.05, 4.69) is 0 Å². The second-order valence-corrected chi connectivity index (χ2v) is 7.79. The number of nitriles is 1. The van der Waals surface area contributed by atoms with Crippen LogP contribution < -0.4 is 0 Å². The topological polar surface area (TPSA) is 57.9 Å². The van der Waals surface area contributed by atoms with Crippen LogP contribution in [0.15, 0.2) is 65.6 Å². The lowest BCUT2D eigenvalue weighted by atomic mass is 10.0. The molecular weight excluding hydrogens is 375 g/mol. The van der Waals surface area contributed by atoms with Crippen LogP contribution in [0.3, 0.4) is 0 Å². The van der Waals surface area contributed by atoms with Crippen molar-refractivity contribution in [2.45, 2.75) is 10.6 Å². The van der Waals surface area contributed by atoms with E-state index in [1.54, 1.807) is 36.4 Å². The average molecular weight is 387 g/mol. The molecule has 0 saturated heterocycles. The van der Waals surface area contributed by atoms with Crippen LogP contribution in [0.4, 0.5) is 13.2 Å². The van der Waals surface area contributed by atoms with Crippen molar-refractivity contribution in [3.05, 3.63) is 89.2 Å². The van der Waals surface area contributed by atoms with Crippen molar-refractivity contribution in [2.75, 3.05) is 0 Å². The summed E-state index contributed by atoms with van der Waals surface area (Å²) in [5.41, 5.74) is -0.111. The van der Waals surface area contributed by atoms with Gasteiger partial charge in [0.25, 0.3) is 0 Å². The summed E-state index contributed by atoms with van der Waals surface area (Å²) in [4.78, 5) is -0.314. The van der Waals surface area contributed by atoms with Gasteiger partial charge in [0.1, 0.15) is 23.5 Å². The van der Waals surface area contributed by atoms with Crippen LogP contribution in [-0.2, 0) is 15.6 Å². The molecule has 0 aliphatic rings. The normalized spacial score (nSPS) is 11.2. The van der Waals surface area contributed by atoms with Gasteiger partial charge in [0.15, 0.2) is 9.84 Å². The molecule has 0 atom stereocenters. The Kier molecular flexibility index (Phi) is 5.02. The Bertz CT molecular complexity index is 1150. The molecule has 27 heavy (non-hydrogen) atoms. The van der Waals surface area contributed by atoms with E-state index in [1.807, 2.05) is 0 Å². The van der Waals surface area contributed by atoms with Crippen molar-refractivity contribution in [1.29, 1.82) is 5.26 Å². The molecule has 3 aromatic carbocycles. The maximum absolute atomic E-state index is 14.2. The molecule has 0 N–H and O–H groups in total. The lowest BCUT2D eigenvalue weighted by Gasteiger charge is -2.10. The fourth-order valence-electron chi connectivity index (χ4n) is 2.61. The number of nitrogens with zero attached hydrogens (tertiary/aromatic N) is 1. The number of halogens is 3. The summed E-state index contributed by atoms with van der Waals surface area (Å²) in [7, 11) is -4.08. The average Bonchev–Trinajstić information content (AvgIpc) is 2.64. The molecule has 0 aliphatic heterocycles. The molecule has 0 amide bonds. The quantitative estimate of drug-likeness (QED) is 0.614. The summed E-state index contributed by atoms with van der Waals surface area (Å²) in [5.74, 6) is -3.42. The highest BCUT2D eigenvalue weighted by atomic mass is 32.2. The first-order valence-corrected chi connectivity index (χ1v) is 9.43. The molecule has 0 spiro atoms. The predicted octanol–water partition coefficient (Wildman–Crippen LogP) is 4.62. The molecule has 0 heterocycles. The molecule has 0 aliphatic carbocycles. The minimum atomic E-state index is -4.08. The van der Waals surface area contributed by atoms with Gasteiger partial charge >= 0.3 is 0 Å². The van der Waals surface area contributed by atoms with Gasteiger partial charge in [-0.05, 0) is 29.8 Å².